The Kier molecular flexibility index (Phi) is 8.21. The minimum absolute atomic E-state index is 0.229. The van der Waals surface area contributed by atoms with E-state index >= 15 is 0 Å². The van der Waals surface area contributed by atoms with Crippen molar-refractivity contribution in [3.63, 3.8) is 0 Å². The highest BCUT2D eigenvalue weighted by Gasteiger charge is 2.33. The maximum Gasteiger partial charge on any atom is 0.338 e. The highest BCUT2D eigenvalue weighted by Crippen LogP contribution is 2.31. The molecule has 1 atom stereocenters. The average molecular weight is 569 g/mol. The quantitative estimate of drug-likeness (QED) is 0.280. The van der Waals surface area contributed by atoms with Crippen molar-refractivity contribution in [3.8, 4) is 11.5 Å². The Hall–Kier alpha value is -4.43. The van der Waals surface area contributed by atoms with Gasteiger partial charge in [0, 0.05) is 0 Å². The first-order valence-electron chi connectivity index (χ1n) is 13.4. The number of thiazole rings is 1. The van der Waals surface area contributed by atoms with E-state index in [1.54, 1.807) is 25.5 Å². The number of aryl methyl sites for hydroxylation is 2. The molecule has 0 aliphatic carbocycles. The fraction of sp³-hybridized carbons (Fsp3) is 0.242. The monoisotopic (exact) mass is 568 g/mol. The van der Waals surface area contributed by atoms with Crippen LogP contribution in [-0.2, 0) is 16.1 Å². The van der Waals surface area contributed by atoms with Crippen LogP contribution in [0.25, 0.3) is 6.08 Å². The molecule has 0 saturated carbocycles. The number of rotatable bonds is 8. The summed E-state index contributed by atoms with van der Waals surface area (Å²) in [5.74, 6) is 0.707. The second-order valence-corrected chi connectivity index (χ2v) is 10.9. The van der Waals surface area contributed by atoms with E-state index < -0.39 is 12.0 Å². The number of aromatic nitrogens is 1. The van der Waals surface area contributed by atoms with Crippen LogP contribution in [0, 0.1) is 13.8 Å². The Morgan fingerprint density at radius 2 is 1.78 bits per heavy atom. The highest BCUT2D eigenvalue weighted by molar-refractivity contribution is 7.07. The molecule has 7 nitrogen and oxygen atoms in total. The van der Waals surface area contributed by atoms with Gasteiger partial charge in [0.2, 0.25) is 0 Å². The van der Waals surface area contributed by atoms with Crippen molar-refractivity contribution in [1.82, 2.24) is 4.57 Å². The van der Waals surface area contributed by atoms with E-state index in [0.29, 0.717) is 38.7 Å². The first-order valence-corrected chi connectivity index (χ1v) is 14.2. The van der Waals surface area contributed by atoms with Gasteiger partial charge >= 0.3 is 5.97 Å². The minimum atomic E-state index is -0.639. The normalized spacial score (nSPS) is 14.9. The number of nitrogens with zero attached hydrogens (tertiary/aromatic N) is 2. The third-order valence-electron chi connectivity index (χ3n) is 6.87. The van der Waals surface area contributed by atoms with E-state index in [2.05, 4.69) is 11.1 Å². The molecule has 1 aliphatic rings. The first-order chi connectivity index (χ1) is 19.8. The van der Waals surface area contributed by atoms with Crippen LogP contribution in [0.5, 0.6) is 11.5 Å². The number of carbonyl (C=O) groups is 1. The van der Waals surface area contributed by atoms with Gasteiger partial charge in [-0.25, -0.2) is 9.79 Å². The molecule has 210 valence electrons. The van der Waals surface area contributed by atoms with Crippen LogP contribution in [0.15, 0.2) is 87.8 Å². The molecule has 3 aromatic carbocycles. The predicted molar refractivity (Wildman–Crippen MR) is 160 cm³/mol. The van der Waals surface area contributed by atoms with Crippen LogP contribution in [0.1, 0.15) is 47.7 Å². The van der Waals surface area contributed by atoms with Crippen molar-refractivity contribution in [2.75, 3.05) is 13.7 Å². The molecule has 0 amide bonds. The smallest absolute Gasteiger partial charge is 0.338 e. The van der Waals surface area contributed by atoms with Crippen molar-refractivity contribution in [2.24, 2.45) is 4.99 Å². The Morgan fingerprint density at radius 1 is 1.00 bits per heavy atom. The summed E-state index contributed by atoms with van der Waals surface area (Å²) in [5, 5.41) is 0. The van der Waals surface area contributed by atoms with Gasteiger partial charge in [-0.05, 0) is 62.6 Å². The molecular weight excluding hydrogens is 536 g/mol. The number of hydrogen-bond donors (Lipinski definition) is 0. The Balaban J connectivity index is 1.54. The number of allylic oxidation sites excluding steroid dienone is 1. The lowest BCUT2D eigenvalue weighted by molar-refractivity contribution is -0.139. The number of hydrogen-bond acceptors (Lipinski definition) is 7. The lowest BCUT2D eigenvalue weighted by Gasteiger charge is -2.24. The largest absolute Gasteiger partial charge is 0.493 e. The molecule has 5 rings (SSSR count). The zero-order valence-electron chi connectivity index (χ0n) is 23.8. The molecule has 0 fully saturated rings. The van der Waals surface area contributed by atoms with Gasteiger partial charge in [0.1, 0.15) is 6.61 Å². The van der Waals surface area contributed by atoms with Crippen molar-refractivity contribution < 1.29 is 19.0 Å². The molecule has 0 radical (unpaired) electrons. The molecule has 0 bridgehead atoms. The van der Waals surface area contributed by atoms with Gasteiger partial charge in [0.25, 0.3) is 5.56 Å². The number of carbonyl (C=O) groups excluding carboxylic acids is 1. The zero-order valence-corrected chi connectivity index (χ0v) is 24.6. The molecule has 0 saturated heterocycles. The van der Waals surface area contributed by atoms with E-state index in [4.69, 9.17) is 14.2 Å². The fourth-order valence-electron chi connectivity index (χ4n) is 4.86. The Bertz CT molecular complexity index is 1820. The maximum atomic E-state index is 13.9. The van der Waals surface area contributed by atoms with Gasteiger partial charge in [-0.3, -0.25) is 9.36 Å². The molecule has 0 N–H and O–H groups in total. The predicted octanol–water partition coefficient (Wildman–Crippen LogP) is 5.00. The van der Waals surface area contributed by atoms with Gasteiger partial charge in [-0.2, -0.15) is 0 Å². The number of methoxy groups -OCH3 is 1. The van der Waals surface area contributed by atoms with Gasteiger partial charge in [0.05, 0.1) is 35.6 Å². The molecule has 8 heteroatoms. The Morgan fingerprint density at radius 3 is 2.49 bits per heavy atom. The molecule has 4 aromatic rings. The summed E-state index contributed by atoms with van der Waals surface area (Å²) in [6, 6.07) is 20.9. The Labute approximate surface area is 242 Å². The number of fused-ring (bicyclic) bond motifs is 1. The summed E-state index contributed by atoms with van der Waals surface area (Å²) in [5.41, 5.74) is 5.60. The molecule has 1 aromatic heterocycles. The van der Waals surface area contributed by atoms with Crippen molar-refractivity contribution in [1.29, 1.82) is 0 Å². The van der Waals surface area contributed by atoms with E-state index in [1.807, 2.05) is 80.6 Å². The van der Waals surface area contributed by atoms with E-state index in [0.717, 1.165) is 22.3 Å². The second kappa shape index (κ2) is 12.0. The van der Waals surface area contributed by atoms with Gasteiger partial charge in [-0.15, -0.1) is 0 Å². The van der Waals surface area contributed by atoms with Crippen molar-refractivity contribution in [2.45, 2.75) is 40.3 Å². The van der Waals surface area contributed by atoms with Crippen LogP contribution in [-0.4, -0.2) is 24.3 Å². The zero-order chi connectivity index (χ0) is 29.1. The SMILES string of the molecule is CCOC(=O)C1=C(C)N=c2s/c(=C/c3ccc(OCc4cccc(C)c4)c(OC)c3)c(=O)n2[C@@H]1c1ccc(C)cc1. The van der Waals surface area contributed by atoms with Crippen LogP contribution in [0.2, 0.25) is 0 Å². The van der Waals surface area contributed by atoms with Crippen molar-refractivity contribution in [3.05, 3.63) is 126 Å². The van der Waals surface area contributed by atoms with Gasteiger partial charge in [0.15, 0.2) is 16.3 Å². The van der Waals surface area contributed by atoms with E-state index in [9.17, 15) is 9.59 Å². The molecular formula is C33H32N2O5S. The van der Waals surface area contributed by atoms with Crippen LogP contribution < -0.4 is 24.4 Å². The molecule has 1 aliphatic heterocycles. The summed E-state index contributed by atoms with van der Waals surface area (Å²) in [4.78, 5) is 32.1. The van der Waals surface area contributed by atoms with Gasteiger partial charge < -0.3 is 14.2 Å². The fourth-order valence-corrected chi connectivity index (χ4v) is 5.91. The van der Waals surface area contributed by atoms with Crippen LogP contribution in [0.4, 0.5) is 0 Å². The third kappa shape index (κ3) is 5.88. The summed E-state index contributed by atoms with van der Waals surface area (Å²) in [7, 11) is 1.59. The number of benzene rings is 3. The molecule has 2 heterocycles. The van der Waals surface area contributed by atoms with E-state index in [-0.39, 0.29) is 12.2 Å². The standard InChI is InChI=1S/C33H32N2O5S/c1-6-39-32(37)29-22(4)34-33-35(30(29)25-13-10-20(2)11-14-25)31(36)28(41-33)18-23-12-15-26(27(17-23)38-5)40-19-24-9-7-8-21(3)16-24/h7-18,30H,6,19H2,1-5H3/b28-18+/t30-/m1/s1. The van der Waals surface area contributed by atoms with Crippen LogP contribution >= 0.6 is 11.3 Å². The molecule has 0 unspecified atom stereocenters. The highest BCUT2D eigenvalue weighted by atomic mass is 32.1. The van der Waals surface area contributed by atoms with Crippen molar-refractivity contribution >= 4 is 23.4 Å². The maximum absolute atomic E-state index is 13.9. The second-order valence-electron chi connectivity index (χ2n) is 9.90. The first kappa shape index (κ1) is 28.1. The summed E-state index contributed by atoms with van der Waals surface area (Å²) >= 11 is 1.29. The lowest BCUT2D eigenvalue weighted by atomic mass is 9.95. The van der Waals surface area contributed by atoms with E-state index in [1.165, 1.54) is 16.9 Å². The topological polar surface area (TPSA) is 79.1 Å². The van der Waals surface area contributed by atoms with Crippen LogP contribution in [0.3, 0.4) is 0 Å². The molecule has 41 heavy (non-hydrogen) atoms. The summed E-state index contributed by atoms with van der Waals surface area (Å²) in [6.45, 7) is 8.23. The molecule has 0 spiro atoms. The number of ether oxygens (including phenoxy) is 3. The minimum Gasteiger partial charge on any atom is -0.493 e. The summed E-state index contributed by atoms with van der Waals surface area (Å²) < 4.78 is 19.1. The summed E-state index contributed by atoms with van der Waals surface area (Å²) in [6.07, 6.45) is 1.81. The third-order valence-corrected chi connectivity index (χ3v) is 7.86. The average Bonchev–Trinajstić information content (AvgIpc) is 3.26. The number of esters is 1. The van der Waals surface area contributed by atoms with Gasteiger partial charge in [-0.1, -0.05) is 77.1 Å². The lowest BCUT2D eigenvalue weighted by Crippen LogP contribution is -2.39.